The zero-order valence-electron chi connectivity index (χ0n) is 14.8. The van der Waals surface area contributed by atoms with E-state index in [9.17, 15) is 14.9 Å². The number of nitro groups is 1. The molecule has 2 aromatic carbocycles. The van der Waals surface area contributed by atoms with Crippen LogP contribution in [0, 0.1) is 10.1 Å². The van der Waals surface area contributed by atoms with Crippen molar-refractivity contribution in [3.63, 3.8) is 0 Å². The molecular weight excluding hydrogens is 388 g/mol. The average molecular weight is 405 g/mol. The maximum absolute atomic E-state index is 13.2. The normalized spacial score (nSPS) is 11.1. The third-order valence-corrected chi connectivity index (χ3v) is 5.31. The van der Waals surface area contributed by atoms with Gasteiger partial charge in [0.2, 0.25) is 0 Å². The number of likely N-dealkylation sites (N-methyl/N-ethyl adjacent to an activating group) is 1. The maximum atomic E-state index is 13.2. The number of carbonyl (C=O) groups excluding carboxylic acids is 1. The van der Waals surface area contributed by atoms with E-state index in [-0.39, 0.29) is 16.3 Å². The summed E-state index contributed by atoms with van der Waals surface area (Å²) in [7, 11) is 3.81. The van der Waals surface area contributed by atoms with Gasteiger partial charge in [0.05, 0.1) is 25.7 Å². The summed E-state index contributed by atoms with van der Waals surface area (Å²) in [5.41, 5.74) is 0.703. The molecule has 0 aliphatic carbocycles. The Morgan fingerprint density at radius 1 is 1.22 bits per heavy atom. The van der Waals surface area contributed by atoms with Gasteiger partial charge < -0.3 is 4.90 Å². The van der Waals surface area contributed by atoms with Crippen molar-refractivity contribution in [1.29, 1.82) is 0 Å². The highest BCUT2D eigenvalue weighted by molar-refractivity contribution is 7.22. The van der Waals surface area contributed by atoms with Crippen LogP contribution in [0.4, 0.5) is 10.8 Å². The second kappa shape index (κ2) is 7.99. The summed E-state index contributed by atoms with van der Waals surface area (Å²) in [4.78, 5) is 31.8. The number of nitrogens with zero attached hydrogens (tertiary/aromatic N) is 4. The topological polar surface area (TPSA) is 79.6 Å². The molecule has 7 nitrogen and oxygen atoms in total. The second-order valence-corrected chi connectivity index (χ2v) is 7.56. The lowest BCUT2D eigenvalue weighted by molar-refractivity contribution is -0.384. The predicted octanol–water partition coefficient (Wildman–Crippen LogP) is 4.07. The van der Waals surface area contributed by atoms with Crippen LogP contribution in [0.1, 0.15) is 10.4 Å². The molecule has 27 heavy (non-hydrogen) atoms. The molecule has 0 fully saturated rings. The fraction of sp³-hybridized carbons (Fsp3) is 0.222. The van der Waals surface area contributed by atoms with Crippen molar-refractivity contribution >= 4 is 49.9 Å². The van der Waals surface area contributed by atoms with Crippen LogP contribution in [-0.2, 0) is 0 Å². The molecule has 1 aromatic heterocycles. The molecule has 9 heteroatoms. The number of hydrogen-bond acceptors (Lipinski definition) is 6. The number of hydrogen-bond donors (Lipinski definition) is 0. The van der Waals surface area contributed by atoms with Crippen LogP contribution in [0.3, 0.4) is 0 Å². The van der Waals surface area contributed by atoms with Gasteiger partial charge in [0.25, 0.3) is 11.6 Å². The number of amides is 1. The van der Waals surface area contributed by atoms with E-state index < -0.39 is 10.8 Å². The molecule has 0 unspecified atom stereocenters. The summed E-state index contributed by atoms with van der Waals surface area (Å²) in [5, 5.41) is 11.8. The fourth-order valence-corrected chi connectivity index (χ4v) is 3.68. The number of thiazole rings is 1. The lowest BCUT2D eigenvalue weighted by atomic mass is 10.1. The number of nitro benzene ring substituents is 1. The summed E-state index contributed by atoms with van der Waals surface area (Å²) >= 11 is 7.57. The van der Waals surface area contributed by atoms with E-state index in [1.807, 2.05) is 43.3 Å². The minimum absolute atomic E-state index is 0.0869. The predicted molar refractivity (Wildman–Crippen MR) is 108 cm³/mol. The van der Waals surface area contributed by atoms with Crippen LogP contribution < -0.4 is 4.90 Å². The number of benzene rings is 2. The Hall–Kier alpha value is -2.55. The summed E-state index contributed by atoms with van der Waals surface area (Å²) < 4.78 is 0.959. The molecule has 0 N–H and O–H groups in total. The molecule has 1 heterocycles. The second-order valence-electron chi connectivity index (χ2n) is 6.15. The van der Waals surface area contributed by atoms with Crippen LogP contribution in [-0.4, -0.2) is 47.9 Å². The Bertz CT molecular complexity index is 972. The number of carbonyl (C=O) groups is 1. The van der Waals surface area contributed by atoms with Gasteiger partial charge in [-0.1, -0.05) is 35.1 Å². The molecule has 0 aliphatic rings. The molecule has 0 bridgehead atoms. The number of anilines is 1. The standard InChI is InChI=1S/C18H17ClN4O3S/c1-21(2)9-10-22(18-20-15-5-3-4-6-16(15)27-18)17(24)13-11-12(23(25)26)7-8-14(13)19/h3-8,11H,9-10H2,1-2H3. The first-order valence-corrected chi connectivity index (χ1v) is 9.32. The largest absolute Gasteiger partial charge is 0.308 e. The minimum atomic E-state index is -0.547. The Morgan fingerprint density at radius 3 is 2.63 bits per heavy atom. The summed E-state index contributed by atoms with van der Waals surface area (Å²) in [6, 6.07) is 11.5. The molecular formula is C18H17ClN4O3S. The van der Waals surface area contributed by atoms with E-state index in [2.05, 4.69) is 4.98 Å². The van der Waals surface area contributed by atoms with Crippen LogP contribution in [0.2, 0.25) is 5.02 Å². The van der Waals surface area contributed by atoms with Crippen molar-refractivity contribution in [1.82, 2.24) is 9.88 Å². The SMILES string of the molecule is CN(C)CCN(C(=O)c1cc([N+](=O)[O-])ccc1Cl)c1nc2ccccc2s1. The van der Waals surface area contributed by atoms with Gasteiger partial charge in [-0.15, -0.1) is 0 Å². The van der Waals surface area contributed by atoms with Gasteiger partial charge in [0.1, 0.15) is 0 Å². The van der Waals surface area contributed by atoms with Crippen molar-refractivity contribution in [3.05, 3.63) is 63.2 Å². The molecule has 0 atom stereocenters. The summed E-state index contributed by atoms with van der Waals surface area (Å²) in [6.45, 7) is 0.985. The molecule has 0 spiro atoms. The molecule has 0 saturated carbocycles. The molecule has 0 saturated heterocycles. The Morgan fingerprint density at radius 2 is 1.96 bits per heavy atom. The van der Waals surface area contributed by atoms with Crippen LogP contribution in [0.25, 0.3) is 10.2 Å². The Balaban J connectivity index is 2.03. The fourth-order valence-electron chi connectivity index (χ4n) is 2.50. The van der Waals surface area contributed by atoms with Gasteiger partial charge in [-0.3, -0.25) is 19.8 Å². The minimum Gasteiger partial charge on any atom is -0.308 e. The first-order chi connectivity index (χ1) is 12.9. The van der Waals surface area contributed by atoms with Gasteiger partial charge in [0.15, 0.2) is 5.13 Å². The zero-order chi connectivity index (χ0) is 19.6. The molecule has 1 amide bonds. The van der Waals surface area contributed by atoms with Crippen molar-refractivity contribution < 1.29 is 9.72 Å². The number of non-ortho nitro benzene ring substituents is 1. The molecule has 0 radical (unpaired) electrons. The smallest absolute Gasteiger partial charge is 0.270 e. The van der Waals surface area contributed by atoms with Crippen LogP contribution >= 0.6 is 22.9 Å². The highest BCUT2D eigenvalue weighted by atomic mass is 35.5. The average Bonchev–Trinajstić information content (AvgIpc) is 3.05. The Kier molecular flexibility index (Phi) is 5.69. The summed E-state index contributed by atoms with van der Waals surface area (Å²) in [6.07, 6.45) is 0. The summed E-state index contributed by atoms with van der Waals surface area (Å²) in [5.74, 6) is -0.412. The first-order valence-electron chi connectivity index (χ1n) is 8.13. The lowest BCUT2D eigenvalue weighted by Gasteiger charge is -2.22. The van der Waals surface area contributed by atoms with Gasteiger partial charge in [-0.2, -0.15) is 0 Å². The van der Waals surface area contributed by atoms with Crippen molar-refractivity contribution in [2.24, 2.45) is 0 Å². The van der Waals surface area contributed by atoms with Gasteiger partial charge in [-0.05, 0) is 32.3 Å². The quantitative estimate of drug-likeness (QED) is 0.457. The number of halogens is 1. The third-order valence-electron chi connectivity index (χ3n) is 3.92. The van der Waals surface area contributed by atoms with E-state index in [0.29, 0.717) is 18.2 Å². The zero-order valence-corrected chi connectivity index (χ0v) is 16.3. The first kappa shape index (κ1) is 19.2. The lowest BCUT2D eigenvalue weighted by Crippen LogP contribution is -2.37. The number of para-hydroxylation sites is 1. The van der Waals surface area contributed by atoms with Crippen molar-refractivity contribution in [2.75, 3.05) is 32.1 Å². The molecule has 0 aliphatic heterocycles. The van der Waals surface area contributed by atoms with Gasteiger partial charge in [-0.25, -0.2) is 4.98 Å². The van der Waals surface area contributed by atoms with E-state index >= 15 is 0 Å². The maximum Gasteiger partial charge on any atom is 0.270 e. The van der Waals surface area contributed by atoms with E-state index in [0.717, 1.165) is 10.2 Å². The van der Waals surface area contributed by atoms with E-state index in [4.69, 9.17) is 11.6 Å². The third kappa shape index (κ3) is 4.24. The molecule has 3 rings (SSSR count). The molecule has 3 aromatic rings. The molecule has 140 valence electrons. The van der Waals surface area contributed by atoms with Crippen LogP contribution in [0.15, 0.2) is 42.5 Å². The monoisotopic (exact) mass is 404 g/mol. The van der Waals surface area contributed by atoms with E-state index in [1.54, 1.807) is 0 Å². The van der Waals surface area contributed by atoms with E-state index in [1.165, 1.54) is 34.4 Å². The van der Waals surface area contributed by atoms with Gasteiger partial charge >= 0.3 is 0 Å². The highest BCUT2D eigenvalue weighted by Crippen LogP contribution is 2.31. The van der Waals surface area contributed by atoms with Crippen LogP contribution in [0.5, 0.6) is 0 Å². The Labute approximate surface area is 164 Å². The number of aromatic nitrogens is 1. The number of rotatable bonds is 6. The van der Waals surface area contributed by atoms with Crippen molar-refractivity contribution in [3.8, 4) is 0 Å². The highest BCUT2D eigenvalue weighted by Gasteiger charge is 2.25. The van der Waals surface area contributed by atoms with Crippen molar-refractivity contribution in [2.45, 2.75) is 0 Å². The number of fused-ring (bicyclic) bond motifs is 1. The van der Waals surface area contributed by atoms with Gasteiger partial charge in [0, 0.05) is 25.2 Å².